The summed E-state index contributed by atoms with van der Waals surface area (Å²) in [7, 11) is 0. The summed E-state index contributed by atoms with van der Waals surface area (Å²) in [6.45, 7) is 0. The zero-order valence-electron chi connectivity index (χ0n) is 10.5. The minimum Gasteiger partial charge on any atom is -0.281 e. The normalized spacial score (nSPS) is 16.6. The number of hydrogen-bond acceptors (Lipinski definition) is 2. The van der Waals surface area contributed by atoms with E-state index in [1.807, 2.05) is 66.7 Å². The molecule has 3 rings (SSSR count). The van der Waals surface area contributed by atoms with Crippen molar-refractivity contribution in [2.24, 2.45) is 0 Å². The van der Waals surface area contributed by atoms with E-state index in [4.69, 9.17) is 11.6 Å². The molecular formula is C17H11ClOS. The standard InChI is InChI=1S/C17H11ClOS/c18-15-8-6-12(7-9-15)10-14-11-16(20-17(14)19)13-4-2-1-3-5-13/h1-11H/b14-10+. The van der Waals surface area contributed by atoms with Crippen molar-refractivity contribution in [3.05, 3.63) is 82.4 Å². The molecule has 20 heavy (non-hydrogen) atoms. The Morgan fingerprint density at radius 2 is 1.65 bits per heavy atom. The molecule has 0 aromatic heterocycles. The third-order valence-corrected chi connectivity index (χ3v) is 4.22. The predicted molar refractivity (Wildman–Crippen MR) is 86.4 cm³/mol. The largest absolute Gasteiger partial charge is 0.281 e. The number of hydrogen-bond donors (Lipinski definition) is 0. The summed E-state index contributed by atoms with van der Waals surface area (Å²) in [6, 6.07) is 17.4. The number of halogens is 1. The molecule has 1 heterocycles. The van der Waals surface area contributed by atoms with Gasteiger partial charge in [-0.05, 0) is 47.2 Å². The lowest BCUT2D eigenvalue weighted by Crippen LogP contribution is -1.87. The summed E-state index contributed by atoms with van der Waals surface area (Å²) < 4.78 is 0. The van der Waals surface area contributed by atoms with Gasteiger partial charge in [-0.15, -0.1) is 0 Å². The van der Waals surface area contributed by atoms with Crippen LogP contribution in [0.15, 0.2) is 66.2 Å². The highest BCUT2D eigenvalue weighted by Crippen LogP contribution is 2.38. The lowest BCUT2D eigenvalue weighted by atomic mass is 10.1. The van der Waals surface area contributed by atoms with Gasteiger partial charge in [0.1, 0.15) is 0 Å². The molecule has 0 amide bonds. The van der Waals surface area contributed by atoms with Crippen LogP contribution in [0, 0.1) is 0 Å². The van der Waals surface area contributed by atoms with Crippen molar-refractivity contribution >= 4 is 39.5 Å². The summed E-state index contributed by atoms with van der Waals surface area (Å²) in [6.07, 6.45) is 3.83. The highest BCUT2D eigenvalue weighted by molar-refractivity contribution is 8.22. The van der Waals surface area contributed by atoms with Crippen molar-refractivity contribution in [1.82, 2.24) is 0 Å². The van der Waals surface area contributed by atoms with Crippen LogP contribution in [-0.4, -0.2) is 5.12 Å². The van der Waals surface area contributed by atoms with Crippen molar-refractivity contribution in [2.45, 2.75) is 0 Å². The second-order valence-electron chi connectivity index (χ2n) is 4.42. The first kappa shape index (κ1) is 13.2. The van der Waals surface area contributed by atoms with Crippen LogP contribution in [0.2, 0.25) is 5.02 Å². The number of allylic oxidation sites excluding steroid dienone is 1. The van der Waals surface area contributed by atoms with Crippen LogP contribution in [0.1, 0.15) is 11.1 Å². The molecule has 0 aliphatic carbocycles. The number of thioether (sulfide) groups is 1. The van der Waals surface area contributed by atoms with Gasteiger partial charge in [-0.2, -0.15) is 0 Å². The van der Waals surface area contributed by atoms with E-state index in [0.717, 1.165) is 21.6 Å². The molecule has 98 valence electrons. The zero-order valence-corrected chi connectivity index (χ0v) is 12.1. The van der Waals surface area contributed by atoms with Gasteiger partial charge in [0.25, 0.3) is 0 Å². The topological polar surface area (TPSA) is 17.1 Å². The highest BCUT2D eigenvalue weighted by Gasteiger charge is 2.20. The van der Waals surface area contributed by atoms with E-state index in [0.29, 0.717) is 5.02 Å². The number of benzene rings is 2. The molecule has 0 radical (unpaired) electrons. The van der Waals surface area contributed by atoms with E-state index in [1.54, 1.807) is 0 Å². The van der Waals surface area contributed by atoms with Gasteiger partial charge in [-0.3, -0.25) is 4.79 Å². The average molecular weight is 299 g/mol. The smallest absolute Gasteiger partial charge is 0.224 e. The van der Waals surface area contributed by atoms with Crippen LogP contribution in [0.25, 0.3) is 11.0 Å². The van der Waals surface area contributed by atoms with Crippen LogP contribution in [0.5, 0.6) is 0 Å². The molecule has 0 saturated heterocycles. The first-order valence-corrected chi connectivity index (χ1v) is 7.38. The molecule has 0 unspecified atom stereocenters. The fraction of sp³-hybridized carbons (Fsp3) is 0. The number of carbonyl (C=O) groups is 1. The molecule has 3 heteroatoms. The van der Waals surface area contributed by atoms with Crippen LogP contribution in [0.4, 0.5) is 0 Å². The van der Waals surface area contributed by atoms with Gasteiger partial charge in [0.2, 0.25) is 5.12 Å². The molecule has 1 nitrogen and oxygen atoms in total. The van der Waals surface area contributed by atoms with Gasteiger partial charge >= 0.3 is 0 Å². The molecule has 2 aromatic rings. The monoisotopic (exact) mass is 298 g/mol. The third kappa shape index (κ3) is 2.87. The summed E-state index contributed by atoms with van der Waals surface area (Å²) in [5.74, 6) is 0. The lowest BCUT2D eigenvalue weighted by Gasteiger charge is -1.97. The van der Waals surface area contributed by atoms with E-state index in [1.165, 1.54) is 11.8 Å². The average Bonchev–Trinajstić information content (AvgIpc) is 2.84. The number of carbonyl (C=O) groups excluding carboxylic acids is 1. The zero-order chi connectivity index (χ0) is 13.9. The van der Waals surface area contributed by atoms with Crippen molar-refractivity contribution in [1.29, 1.82) is 0 Å². The van der Waals surface area contributed by atoms with Gasteiger partial charge < -0.3 is 0 Å². The maximum absolute atomic E-state index is 12.0. The second kappa shape index (κ2) is 5.70. The fourth-order valence-corrected chi connectivity index (χ4v) is 2.97. The maximum Gasteiger partial charge on any atom is 0.224 e. The van der Waals surface area contributed by atoms with Crippen LogP contribution in [0.3, 0.4) is 0 Å². The lowest BCUT2D eigenvalue weighted by molar-refractivity contribution is -0.107. The molecule has 0 bridgehead atoms. The van der Waals surface area contributed by atoms with E-state index < -0.39 is 0 Å². The molecule has 0 fully saturated rings. The summed E-state index contributed by atoms with van der Waals surface area (Å²) >= 11 is 7.13. The molecule has 0 atom stereocenters. The summed E-state index contributed by atoms with van der Waals surface area (Å²) in [5.41, 5.74) is 2.77. The molecule has 0 spiro atoms. The maximum atomic E-state index is 12.0. The van der Waals surface area contributed by atoms with E-state index in [-0.39, 0.29) is 5.12 Å². The van der Waals surface area contributed by atoms with Crippen LogP contribution in [-0.2, 0) is 4.79 Å². The Morgan fingerprint density at radius 1 is 0.950 bits per heavy atom. The Balaban J connectivity index is 1.92. The van der Waals surface area contributed by atoms with Crippen molar-refractivity contribution in [3.63, 3.8) is 0 Å². The first-order valence-electron chi connectivity index (χ1n) is 6.19. The van der Waals surface area contributed by atoms with Gasteiger partial charge in [0, 0.05) is 15.5 Å². The van der Waals surface area contributed by atoms with Gasteiger partial charge in [-0.1, -0.05) is 54.1 Å². The SMILES string of the molecule is O=C1SC(c2ccccc2)=C/C1=C\c1ccc(Cl)cc1. The minimum atomic E-state index is 0.0822. The molecular weight excluding hydrogens is 288 g/mol. The van der Waals surface area contributed by atoms with E-state index in [9.17, 15) is 4.79 Å². The minimum absolute atomic E-state index is 0.0822. The van der Waals surface area contributed by atoms with Crippen molar-refractivity contribution in [3.8, 4) is 0 Å². The van der Waals surface area contributed by atoms with Crippen LogP contribution < -0.4 is 0 Å². The predicted octanol–water partition coefficient (Wildman–Crippen LogP) is 5.04. The van der Waals surface area contributed by atoms with Gasteiger partial charge in [0.15, 0.2) is 0 Å². The molecule has 1 aliphatic heterocycles. The third-order valence-electron chi connectivity index (χ3n) is 2.98. The Kier molecular flexibility index (Phi) is 3.77. The molecule has 2 aromatic carbocycles. The van der Waals surface area contributed by atoms with E-state index >= 15 is 0 Å². The summed E-state index contributed by atoms with van der Waals surface area (Å²) in [5, 5.41) is 0.776. The van der Waals surface area contributed by atoms with Crippen LogP contribution >= 0.6 is 23.4 Å². The molecule has 0 saturated carbocycles. The summed E-state index contributed by atoms with van der Waals surface area (Å²) in [4.78, 5) is 13.0. The van der Waals surface area contributed by atoms with Crippen molar-refractivity contribution < 1.29 is 4.79 Å². The molecule has 0 N–H and O–H groups in total. The van der Waals surface area contributed by atoms with Crippen molar-refractivity contribution in [2.75, 3.05) is 0 Å². The Hall–Kier alpha value is -1.77. The van der Waals surface area contributed by atoms with Gasteiger partial charge in [0.05, 0.1) is 0 Å². The molecule has 1 aliphatic rings. The highest BCUT2D eigenvalue weighted by atomic mass is 35.5. The first-order chi connectivity index (χ1) is 9.72. The quantitative estimate of drug-likeness (QED) is 0.723. The van der Waals surface area contributed by atoms with Gasteiger partial charge in [-0.25, -0.2) is 0 Å². The van der Waals surface area contributed by atoms with E-state index in [2.05, 4.69) is 0 Å². The fourth-order valence-electron chi connectivity index (χ4n) is 1.97. The Labute approximate surface area is 127 Å². The second-order valence-corrected chi connectivity index (χ2v) is 5.87. The Bertz CT molecular complexity index is 700. The Morgan fingerprint density at radius 3 is 2.35 bits per heavy atom. The number of rotatable bonds is 2.